The van der Waals surface area contributed by atoms with E-state index in [1.807, 2.05) is 11.3 Å². The monoisotopic (exact) mass is 180 g/mol. The van der Waals surface area contributed by atoms with Gasteiger partial charge in [-0.25, -0.2) is 0 Å². The Hall–Kier alpha value is -0.560. The van der Waals surface area contributed by atoms with Crippen molar-refractivity contribution in [2.45, 2.75) is 34.1 Å². The molecule has 0 spiro atoms. The molecule has 0 aliphatic heterocycles. The summed E-state index contributed by atoms with van der Waals surface area (Å²) in [5.74, 6) is 0. The first-order valence-electron chi connectivity index (χ1n) is 4.41. The summed E-state index contributed by atoms with van der Waals surface area (Å²) >= 11 is 1.89. The summed E-state index contributed by atoms with van der Waals surface area (Å²) in [5, 5.41) is 0. The summed E-state index contributed by atoms with van der Waals surface area (Å²) in [4.78, 5) is 2.86. The molecule has 0 N–H and O–H groups in total. The highest BCUT2D eigenvalue weighted by Gasteiger charge is 2.04. The van der Waals surface area contributed by atoms with Gasteiger partial charge < -0.3 is 0 Å². The Morgan fingerprint density at radius 1 is 1.50 bits per heavy atom. The summed E-state index contributed by atoms with van der Waals surface area (Å²) in [6.45, 7) is 8.70. The second-order valence-corrected chi connectivity index (χ2v) is 4.45. The van der Waals surface area contributed by atoms with Crippen molar-refractivity contribution in [3.8, 4) is 0 Å². The third-order valence-electron chi connectivity index (χ3n) is 2.12. The summed E-state index contributed by atoms with van der Waals surface area (Å²) < 4.78 is 0. The highest BCUT2D eigenvalue weighted by Crippen LogP contribution is 2.28. The molecule has 1 heterocycles. The van der Waals surface area contributed by atoms with E-state index in [0.29, 0.717) is 0 Å². The van der Waals surface area contributed by atoms with Crippen LogP contribution in [0.3, 0.4) is 0 Å². The van der Waals surface area contributed by atoms with Gasteiger partial charge >= 0.3 is 0 Å². The SMILES string of the molecule is CC=C(CC)c1cc(C)sc1C. The third-order valence-corrected chi connectivity index (χ3v) is 3.08. The van der Waals surface area contributed by atoms with Gasteiger partial charge in [-0.1, -0.05) is 13.0 Å². The van der Waals surface area contributed by atoms with Crippen molar-refractivity contribution in [1.82, 2.24) is 0 Å². The molecule has 12 heavy (non-hydrogen) atoms. The molecule has 0 unspecified atom stereocenters. The quantitative estimate of drug-likeness (QED) is 0.640. The fourth-order valence-electron chi connectivity index (χ4n) is 1.50. The molecule has 0 fully saturated rings. The molecule has 0 aliphatic carbocycles. The average Bonchev–Trinajstić information content (AvgIpc) is 2.34. The molecule has 0 nitrogen and oxygen atoms in total. The maximum atomic E-state index is 2.29. The number of rotatable bonds is 2. The van der Waals surface area contributed by atoms with E-state index in [1.54, 1.807) is 0 Å². The standard InChI is InChI=1S/C11H16S/c1-5-10(6-2)11-7-8(3)12-9(11)4/h5,7H,6H2,1-4H3. The normalized spacial score (nSPS) is 12.2. The first kappa shape index (κ1) is 9.53. The van der Waals surface area contributed by atoms with Gasteiger partial charge in [0, 0.05) is 9.75 Å². The average molecular weight is 180 g/mol. The van der Waals surface area contributed by atoms with Gasteiger partial charge in [0.1, 0.15) is 0 Å². The first-order valence-corrected chi connectivity index (χ1v) is 5.23. The van der Waals surface area contributed by atoms with Crippen molar-refractivity contribution in [1.29, 1.82) is 0 Å². The van der Waals surface area contributed by atoms with Crippen LogP contribution in [0.4, 0.5) is 0 Å². The smallest absolute Gasteiger partial charge is 0.00920 e. The Kier molecular flexibility index (Phi) is 3.10. The maximum absolute atomic E-state index is 2.29. The molecule has 0 bridgehead atoms. The third kappa shape index (κ3) is 1.78. The maximum Gasteiger partial charge on any atom is 0.00920 e. The molecule has 0 radical (unpaired) electrons. The van der Waals surface area contributed by atoms with E-state index in [9.17, 15) is 0 Å². The minimum absolute atomic E-state index is 1.13. The van der Waals surface area contributed by atoms with E-state index in [0.717, 1.165) is 6.42 Å². The van der Waals surface area contributed by atoms with Gasteiger partial charge in [-0.2, -0.15) is 0 Å². The Bertz CT molecular complexity index is 292. The van der Waals surface area contributed by atoms with E-state index in [-0.39, 0.29) is 0 Å². The molecule has 0 aliphatic rings. The van der Waals surface area contributed by atoms with Crippen LogP contribution in [-0.4, -0.2) is 0 Å². The molecule has 66 valence electrons. The van der Waals surface area contributed by atoms with Gasteiger partial charge in [0.05, 0.1) is 0 Å². The van der Waals surface area contributed by atoms with Crippen LogP contribution in [0.2, 0.25) is 0 Å². The Labute approximate surface area is 78.9 Å². The van der Waals surface area contributed by atoms with Crippen LogP contribution in [0.25, 0.3) is 5.57 Å². The number of aryl methyl sites for hydroxylation is 2. The van der Waals surface area contributed by atoms with Crippen LogP contribution in [0.5, 0.6) is 0 Å². The first-order chi connectivity index (χ1) is 5.69. The topological polar surface area (TPSA) is 0 Å². The molecule has 1 aromatic heterocycles. The molecule has 1 aromatic rings. The molecule has 1 heteroatoms. The fraction of sp³-hybridized carbons (Fsp3) is 0.455. The fourth-order valence-corrected chi connectivity index (χ4v) is 2.46. The highest BCUT2D eigenvalue weighted by molar-refractivity contribution is 7.12. The molecule has 0 atom stereocenters. The Morgan fingerprint density at radius 2 is 2.17 bits per heavy atom. The molecular formula is C11H16S. The van der Waals surface area contributed by atoms with Crippen molar-refractivity contribution in [2.24, 2.45) is 0 Å². The molecular weight excluding hydrogens is 164 g/mol. The molecule has 0 saturated carbocycles. The Morgan fingerprint density at radius 3 is 2.50 bits per heavy atom. The number of allylic oxidation sites excluding steroid dienone is 2. The van der Waals surface area contributed by atoms with Crippen molar-refractivity contribution < 1.29 is 0 Å². The largest absolute Gasteiger partial charge is 0.145 e. The summed E-state index contributed by atoms with van der Waals surface area (Å²) in [7, 11) is 0. The second-order valence-electron chi connectivity index (χ2n) is 2.99. The van der Waals surface area contributed by atoms with Crippen LogP contribution in [0.15, 0.2) is 12.1 Å². The van der Waals surface area contributed by atoms with Gasteiger partial charge in [0.2, 0.25) is 0 Å². The second kappa shape index (κ2) is 3.90. The van der Waals surface area contributed by atoms with E-state index >= 15 is 0 Å². The van der Waals surface area contributed by atoms with E-state index in [1.165, 1.54) is 20.9 Å². The zero-order chi connectivity index (χ0) is 9.14. The summed E-state index contributed by atoms with van der Waals surface area (Å²) in [6, 6.07) is 2.29. The van der Waals surface area contributed by atoms with Gasteiger partial charge in [-0.15, -0.1) is 11.3 Å². The lowest BCUT2D eigenvalue weighted by atomic mass is 10.0. The highest BCUT2D eigenvalue weighted by atomic mass is 32.1. The zero-order valence-corrected chi connectivity index (χ0v) is 9.09. The summed E-state index contributed by atoms with van der Waals surface area (Å²) in [6.07, 6.45) is 3.35. The molecule has 1 rings (SSSR count). The van der Waals surface area contributed by atoms with Gasteiger partial charge in [0.15, 0.2) is 0 Å². The summed E-state index contributed by atoms with van der Waals surface area (Å²) in [5.41, 5.74) is 2.92. The van der Waals surface area contributed by atoms with Crippen LogP contribution in [0, 0.1) is 13.8 Å². The van der Waals surface area contributed by atoms with Crippen molar-refractivity contribution in [3.63, 3.8) is 0 Å². The van der Waals surface area contributed by atoms with Crippen molar-refractivity contribution in [3.05, 3.63) is 27.5 Å². The molecule has 0 aromatic carbocycles. The van der Waals surface area contributed by atoms with Gasteiger partial charge in [-0.3, -0.25) is 0 Å². The van der Waals surface area contributed by atoms with Gasteiger partial charge in [-0.05, 0) is 44.4 Å². The van der Waals surface area contributed by atoms with E-state index in [4.69, 9.17) is 0 Å². The van der Waals surface area contributed by atoms with Crippen LogP contribution in [-0.2, 0) is 0 Å². The number of thiophene rings is 1. The predicted octanol–water partition coefficient (Wildman–Crippen LogP) is 4.18. The molecule has 0 amide bonds. The predicted molar refractivity (Wildman–Crippen MR) is 57.7 cm³/mol. The lowest BCUT2D eigenvalue weighted by Gasteiger charge is -2.01. The number of hydrogen-bond donors (Lipinski definition) is 0. The van der Waals surface area contributed by atoms with E-state index in [2.05, 4.69) is 39.8 Å². The van der Waals surface area contributed by atoms with Crippen molar-refractivity contribution in [2.75, 3.05) is 0 Å². The lowest BCUT2D eigenvalue weighted by molar-refractivity contribution is 1.23. The van der Waals surface area contributed by atoms with Crippen molar-refractivity contribution >= 4 is 16.9 Å². The van der Waals surface area contributed by atoms with E-state index < -0.39 is 0 Å². The zero-order valence-electron chi connectivity index (χ0n) is 8.27. The Balaban J connectivity index is 3.09. The van der Waals surface area contributed by atoms with Gasteiger partial charge in [0.25, 0.3) is 0 Å². The minimum atomic E-state index is 1.13. The molecule has 0 saturated heterocycles. The lowest BCUT2D eigenvalue weighted by Crippen LogP contribution is -1.80. The van der Waals surface area contributed by atoms with Crippen LogP contribution >= 0.6 is 11.3 Å². The minimum Gasteiger partial charge on any atom is -0.145 e. The van der Waals surface area contributed by atoms with Crippen LogP contribution in [0.1, 0.15) is 35.6 Å². The number of hydrogen-bond acceptors (Lipinski definition) is 1. The van der Waals surface area contributed by atoms with Crippen LogP contribution < -0.4 is 0 Å².